The van der Waals surface area contributed by atoms with Crippen LogP contribution in [0.4, 0.5) is 0 Å². The van der Waals surface area contributed by atoms with Crippen LogP contribution in [0.5, 0.6) is 5.75 Å². The smallest absolute Gasteiger partial charge is 0.163 e. The van der Waals surface area contributed by atoms with Gasteiger partial charge in [-0.05, 0) is 36.2 Å². The molecule has 2 aromatic rings. The first kappa shape index (κ1) is 11.6. The highest BCUT2D eigenvalue weighted by atomic mass is 16.5. The average molecular weight is 228 g/mol. The molecule has 0 saturated carbocycles. The number of Topliss-reactive ketones (excluding diaryl/α,β-unsaturated/α-hetero) is 1. The predicted octanol–water partition coefficient (Wildman–Crippen LogP) is 3.83. The van der Waals surface area contributed by atoms with Crippen LogP contribution in [0.25, 0.3) is 10.8 Å². The highest BCUT2D eigenvalue weighted by Crippen LogP contribution is 2.26. The molecule has 0 aliphatic heterocycles. The van der Waals surface area contributed by atoms with Crippen molar-refractivity contribution in [2.45, 2.75) is 20.3 Å². The Hall–Kier alpha value is -1.83. The number of benzene rings is 2. The SMILES string of the molecule is CCCOc1cc2ccccc2cc1C(C)=O. The summed E-state index contributed by atoms with van der Waals surface area (Å²) < 4.78 is 5.63. The number of fused-ring (bicyclic) bond motifs is 1. The van der Waals surface area contributed by atoms with E-state index in [1.165, 1.54) is 0 Å². The van der Waals surface area contributed by atoms with Crippen LogP contribution >= 0.6 is 0 Å². The Bertz CT molecular complexity index is 544. The third-order valence-electron chi connectivity index (χ3n) is 2.69. The summed E-state index contributed by atoms with van der Waals surface area (Å²) in [6, 6.07) is 11.8. The molecule has 0 atom stereocenters. The molecular weight excluding hydrogens is 212 g/mol. The molecule has 0 aliphatic rings. The van der Waals surface area contributed by atoms with E-state index in [9.17, 15) is 4.79 Å². The van der Waals surface area contributed by atoms with Crippen molar-refractivity contribution in [3.8, 4) is 5.75 Å². The number of hydrogen-bond acceptors (Lipinski definition) is 2. The average Bonchev–Trinajstić information content (AvgIpc) is 2.35. The van der Waals surface area contributed by atoms with Gasteiger partial charge in [-0.1, -0.05) is 31.2 Å². The second kappa shape index (κ2) is 5.00. The fourth-order valence-electron chi connectivity index (χ4n) is 1.83. The largest absolute Gasteiger partial charge is 0.493 e. The van der Waals surface area contributed by atoms with Crippen LogP contribution in [0.15, 0.2) is 36.4 Å². The van der Waals surface area contributed by atoms with Crippen molar-refractivity contribution in [3.05, 3.63) is 42.0 Å². The van der Waals surface area contributed by atoms with Gasteiger partial charge in [0, 0.05) is 0 Å². The van der Waals surface area contributed by atoms with Gasteiger partial charge >= 0.3 is 0 Å². The molecule has 2 aromatic carbocycles. The van der Waals surface area contributed by atoms with Crippen LogP contribution in [0, 0.1) is 0 Å². The molecule has 0 N–H and O–H groups in total. The van der Waals surface area contributed by atoms with E-state index in [2.05, 4.69) is 6.92 Å². The minimum atomic E-state index is 0.0434. The van der Waals surface area contributed by atoms with Crippen molar-refractivity contribution in [2.24, 2.45) is 0 Å². The van der Waals surface area contributed by atoms with Crippen LogP contribution < -0.4 is 4.74 Å². The fourth-order valence-corrected chi connectivity index (χ4v) is 1.83. The van der Waals surface area contributed by atoms with Crippen LogP contribution in [-0.4, -0.2) is 12.4 Å². The Morgan fingerprint density at radius 1 is 1.18 bits per heavy atom. The molecule has 0 heterocycles. The maximum atomic E-state index is 11.6. The van der Waals surface area contributed by atoms with Gasteiger partial charge in [0.1, 0.15) is 5.75 Å². The van der Waals surface area contributed by atoms with Crippen molar-refractivity contribution in [1.29, 1.82) is 0 Å². The topological polar surface area (TPSA) is 26.3 Å². The molecule has 0 bridgehead atoms. The molecule has 2 rings (SSSR count). The van der Waals surface area contributed by atoms with Crippen LogP contribution in [0.1, 0.15) is 30.6 Å². The minimum Gasteiger partial charge on any atom is -0.493 e. The van der Waals surface area contributed by atoms with Crippen LogP contribution in [-0.2, 0) is 0 Å². The van der Waals surface area contributed by atoms with E-state index in [1.807, 2.05) is 36.4 Å². The van der Waals surface area contributed by atoms with Crippen molar-refractivity contribution < 1.29 is 9.53 Å². The van der Waals surface area contributed by atoms with Gasteiger partial charge in [0.05, 0.1) is 12.2 Å². The summed E-state index contributed by atoms with van der Waals surface area (Å²) in [6.45, 7) is 4.26. The lowest BCUT2D eigenvalue weighted by Gasteiger charge is -2.10. The van der Waals surface area contributed by atoms with E-state index in [0.717, 1.165) is 17.2 Å². The van der Waals surface area contributed by atoms with Gasteiger partial charge in [-0.15, -0.1) is 0 Å². The zero-order valence-electron chi connectivity index (χ0n) is 10.2. The number of ketones is 1. The zero-order valence-corrected chi connectivity index (χ0v) is 10.2. The lowest BCUT2D eigenvalue weighted by Crippen LogP contribution is -2.02. The predicted molar refractivity (Wildman–Crippen MR) is 69.7 cm³/mol. The van der Waals surface area contributed by atoms with Gasteiger partial charge in [0.25, 0.3) is 0 Å². The van der Waals surface area contributed by atoms with Crippen LogP contribution in [0.3, 0.4) is 0 Å². The Labute approximate surface area is 101 Å². The quantitative estimate of drug-likeness (QED) is 0.743. The molecule has 0 amide bonds. The van der Waals surface area contributed by atoms with Gasteiger partial charge in [-0.25, -0.2) is 0 Å². The molecule has 0 unspecified atom stereocenters. The van der Waals surface area contributed by atoms with E-state index in [1.54, 1.807) is 6.92 Å². The van der Waals surface area contributed by atoms with E-state index >= 15 is 0 Å². The molecule has 0 fully saturated rings. The first-order chi connectivity index (χ1) is 8.22. The maximum Gasteiger partial charge on any atom is 0.163 e. The van der Waals surface area contributed by atoms with E-state index < -0.39 is 0 Å². The zero-order chi connectivity index (χ0) is 12.3. The summed E-state index contributed by atoms with van der Waals surface area (Å²) in [7, 11) is 0. The Morgan fingerprint density at radius 3 is 2.41 bits per heavy atom. The van der Waals surface area contributed by atoms with Gasteiger partial charge < -0.3 is 4.74 Å². The fraction of sp³-hybridized carbons (Fsp3) is 0.267. The molecule has 2 heteroatoms. The minimum absolute atomic E-state index is 0.0434. The lowest BCUT2D eigenvalue weighted by molar-refractivity contribution is 0.101. The Kier molecular flexibility index (Phi) is 3.43. The van der Waals surface area contributed by atoms with E-state index in [0.29, 0.717) is 17.9 Å². The summed E-state index contributed by atoms with van der Waals surface area (Å²) in [4.78, 5) is 11.6. The standard InChI is InChI=1S/C15H16O2/c1-3-8-17-15-10-13-7-5-4-6-12(13)9-14(15)11(2)16/h4-7,9-10H,3,8H2,1-2H3. The number of carbonyl (C=O) groups excluding carboxylic acids is 1. The van der Waals surface area contributed by atoms with Crippen molar-refractivity contribution in [1.82, 2.24) is 0 Å². The summed E-state index contributed by atoms with van der Waals surface area (Å²) in [5.41, 5.74) is 0.664. The highest BCUT2D eigenvalue weighted by molar-refractivity contribution is 6.01. The Balaban J connectivity index is 2.54. The number of carbonyl (C=O) groups is 1. The summed E-state index contributed by atoms with van der Waals surface area (Å²) in [5.74, 6) is 0.736. The molecule has 0 saturated heterocycles. The van der Waals surface area contributed by atoms with E-state index in [-0.39, 0.29) is 5.78 Å². The van der Waals surface area contributed by atoms with Gasteiger partial charge in [0.2, 0.25) is 0 Å². The van der Waals surface area contributed by atoms with Gasteiger partial charge in [0.15, 0.2) is 5.78 Å². The number of ether oxygens (including phenoxy) is 1. The number of rotatable bonds is 4. The van der Waals surface area contributed by atoms with Crippen molar-refractivity contribution in [2.75, 3.05) is 6.61 Å². The molecule has 2 nitrogen and oxygen atoms in total. The third kappa shape index (κ3) is 2.47. The second-order valence-electron chi connectivity index (χ2n) is 4.10. The third-order valence-corrected chi connectivity index (χ3v) is 2.69. The molecule has 0 aliphatic carbocycles. The monoisotopic (exact) mass is 228 g/mol. The molecule has 0 radical (unpaired) electrons. The summed E-state index contributed by atoms with van der Waals surface area (Å²) in [5, 5.41) is 2.17. The first-order valence-corrected chi connectivity index (χ1v) is 5.89. The summed E-state index contributed by atoms with van der Waals surface area (Å²) in [6.07, 6.45) is 0.935. The van der Waals surface area contributed by atoms with Gasteiger partial charge in [-0.3, -0.25) is 4.79 Å². The normalized spacial score (nSPS) is 10.5. The second-order valence-corrected chi connectivity index (χ2v) is 4.10. The highest BCUT2D eigenvalue weighted by Gasteiger charge is 2.09. The Morgan fingerprint density at radius 2 is 1.82 bits per heavy atom. The molecule has 17 heavy (non-hydrogen) atoms. The first-order valence-electron chi connectivity index (χ1n) is 5.89. The number of hydrogen-bond donors (Lipinski definition) is 0. The van der Waals surface area contributed by atoms with Gasteiger partial charge in [-0.2, -0.15) is 0 Å². The molecule has 0 spiro atoms. The van der Waals surface area contributed by atoms with Crippen molar-refractivity contribution in [3.63, 3.8) is 0 Å². The van der Waals surface area contributed by atoms with Crippen LogP contribution in [0.2, 0.25) is 0 Å². The maximum absolute atomic E-state index is 11.6. The van der Waals surface area contributed by atoms with E-state index in [4.69, 9.17) is 4.74 Å². The lowest BCUT2D eigenvalue weighted by atomic mass is 10.0. The van der Waals surface area contributed by atoms with Crippen molar-refractivity contribution >= 4 is 16.6 Å². The molecule has 88 valence electrons. The molecular formula is C15H16O2. The molecule has 0 aromatic heterocycles. The summed E-state index contributed by atoms with van der Waals surface area (Å²) >= 11 is 0.